The van der Waals surface area contributed by atoms with Crippen molar-refractivity contribution in [3.63, 3.8) is 0 Å². The van der Waals surface area contributed by atoms with Gasteiger partial charge in [-0.2, -0.15) is 0 Å². The van der Waals surface area contributed by atoms with Gasteiger partial charge in [-0.25, -0.2) is 0 Å². The zero-order valence-electron chi connectivity index (χ0n) is 11.1. The predicted molar refractivity (Wildman–Crippen MR) is 73.3 cm³/mol. The summed E-state index contributed by atoms with van der Waals surface area (Å²) in [6.45, 7) is 1.30. The van der Waals surface area contributed by atoms with Gasteiger partial charge in [0.05, 0.1) is 18.8 Å². The van der Waals surface area contributed by atoms with Crippen LogP contribution in [0.25, 0.3) is 0 Å². The minimum atomic E-state index is -0.189. The fourth-order valence-corrected chi connectivity index (χ4v) is 2.13. The van der Waals surface area contributed by atoms with E-state index >= 15 is 0 Å². The van der Waals surface area contributed by atoms with E-state index in [1.807, 2.05) is 0 Å². The Kier molecular flexibility index (Phi) is 4.63. The molecule has 5 heteroatoms. The first-order chi connectivity index (χ1) is 9.20. The van der Waals surface area contributed by atoms with Gasteiger partial charge >= 0.3 is 0 Å². The van der Waals surface area contributed by atoms with Crippen molar-refractivity contribution >= 4 is 11.6 Å². The number of nitrogens with one attached hydrogen (secondary N) is 1. The molecule has 104 valence electrons. The predicted octanol–water partition coefficient (Wildman–Crippen LogP) is 1.58. The first kappa shape index (κ1) is 13.7. The van der Waals surface area contributed by atoms with Crippen LogP contribution < -0.4 is 15.8 Å². The molecule has 5 nitrogen and oxygen atoms in total. The molecule has 0 aliphatic carbocycles. The Morgan fingerprint density at radius 3 is 3.05 bits per heavy atom. The zero-order valence-corrected chi connectivity index (χ0v) is 11.1. The summed E-state index contributed by atoms with van der Waals surface area (Å²) in [5.74, 6) is 0.429. The number of anilines is 1. The minimum absolute atomic E-state index is 0.115. The fraction of sp³-hybridized carbons (Fsp3) is 0.500. The smallest absolute Gasteiger partial charge is 0.253 e. The van der Waals surface area contributed by atoms with Gasteiger partial charge < -0.3 is 20.5 Å². The number of benzene rings is 1. The molecule has 1 aromatic carbocycles. The zero-order chi connectivity index (χ0) is 13.7. The second-order valence-corrected chi connectivity index (χ2v) is 4.65. The van der Waals surface area contributed by atoms with Crippen LogP contribution in [0.4, 0.5) is 5.69 Å². The fourth-order valence-electron chi connectivity index (χ4n) is 2.13. The molecule has 0 radical (unpaired) electrons. The van der Waals surface area contributed by atoms with Crippen LogP contribution in [0.3, 0.4) is 0 Å². The SMILES string of the molecule is COc1ccc(N)c(C(=O)NCC2CCCCO2)c1. The summed E-state index contributed by atoms with van der Waals surface area (Å²) in [7, 11) is 1.56. The molecule has 3 N–H and O–H groups in total. The van der Waals surface area contributed by atoms with Crippen molar-refractivity contribution < 1.29 is 14.3 Å². The maximum Gasteiger partial charge on any atom is 0.253 e. The van der Waals surface area contributed by atoms with E-state index in [2.05, 4.69) is 5.32 Å². The molecule has 0 bridgehead atoms. The molecule has 1 unspecified atom stereocenters. The molecule has 1 aromatic rings. The number of methoxy groups -OCH3 is 1. The first-order valence-electron chi connectivity index (χ1n) is 6.54. The minimum Gasteiger partial charge on any atom is -0.497 e. The van der Waals surface area contributed by atoms with Crippen molar-refractivity contribution in [2.24, 2.45) is 0 Å². The van der Waals surface area contributed by atoms with E-state index in [1.165, 1.54) is 0 Å². The van der Waals surface area contributed by atoms with Crippen molar-refractivity contribution in [1.82, 2.24) is 5.32 Å². The molecule has 1 aliphatic heterocycles. The Bertz CT molecular complexity index is 442. The van der Waals surface area contributed by atoms with Crippen LogP contribution in [0, 0.1) is 0 Å². The molecule has 0 spiro atoms. The van der Waals surface area contributed by atoms with Gasteiger partial charge in [0.2, 0.25) is 0 Å². The summed E-state index contributed by atoms with van der Waals surface area (Å²) in [4.78, 5) is 12.1. The van der Waals surface area contributed by atoms with Crippen LogP contribution in [0.2, 0.25) is 0 Å². The van der Waals surface area contributed by atoms with Crippen molar-refractivity contribution in [1.29, 1.82) is 0 Å². The maximum absolute atomic E-state index is 12.1. The lowest BCUT2D eigenvalue weighted by Gasteiger charge is -2.22. The highest BCUT2D eigenvalue weighted by Crippen LogP contribution is 2.19. The lowest BCUT2D eigenvalue weighted by molar-refractivity contribution is 0.0169. The Balaban J connectivity index is 1.95. The van der Waals surface area contributed by atoms with Crippen molar-refractivity contribution in [3.05, 3.63) is 23.8 Å². The number of amides is 1. The monoisotopic (exact) mass is 264 g/mol. The number of carbonyl (C=O) groups is 1. The molecule has 1 amide bonds. The third-order valence-electron chi connectivity index (χ3n) is 3.27. The Morgan fingerprint density at radius 2 is 2.37 bits per heavy atom. The molecule has 19 heavy (non-hydrogen) atoms. The number of carbonyl (C=O) groups excluding carboxylic acids is 1. The first-order valence-corrected chi connectivity index (χ1v) is 6.54. The molecular weight excluding hydrogens is 244 g/mol. The Labute approximate surface area is 113 Å². The summed E-state index contributed by atoms with van der Waals surface area (Å²) < 4.78 is 10.7. The number of nitrogens with two attached hydrogens (primary N) is 1. The standard InChI is InChI=1S/C14H20N2O3/c1-18-10-5-6-13(15)12(8-10)14(17)16-9-11-4-2-3-7-19-11/h5-6,8,11H,2-4,7,9,15H2,1H3,(H,16,17). The van der Waals surface area contributed by atoms with Crippen LogP contribution in [0.1, 0.15) is 29.6 Å². The molecular formula is C14H20N2O3. The number of hydrogen-bond donors (Lipinski definition) is 2. The highest BCUT2D eigenvalue weighted by Gasteiger charge is 2.16. The van der Waals surface area contributed by atoms with Crippen LogP contribution in [-0.4, -0.2) is 32.3 Å². The molecule has 1 saturated heterocycles. The Morgan fingerprint density at radius 1 is 1.53 bits per heavy atom. The quantitative estimate of drug-likeness (QED) is 0.810. The van der Waals surface area contributed by atoms with Gasteiger partial charge in [-0.1, -0.05) is 0 Å². The molecule has 1 atom stereocenters. The molecule has 2 rings (SSSR count). The lowest BCUT2D eigenvalue weighted by Crippen LogP contribution is -2.35. The number of rotatable bonds is 4. The van der Waals surface area contributed by atoms with E-state index < -0.39 is 0 Å². The lowest BCUT2D eigenvalue weighted by atomic mass is 10.1. The van der Waals surface area contributed by atoms with E-state index in [0.717, 1.165) is 25.9 Å². The van der Waals surface area contributed by atoms with Gasteiger partial charge in [-0.3, -0.25) is 4.79 Å². The largest absolute Gasteiger partial charge is 0.497 e. The normalized spacial score (nSPS) is 18.9. The topological polar surface area (TPSA) is 73.6 Å². The second kappa shape index (κ2) is 6.43. The average Bonchev–Trinajstić information content (AvgIpc) is 2.46. The van der Waals surface area contributed by atoms with E-state index in [4.69, 9.17) is 15.2 Å². The molecule has 1 heterocycles. The maximum atomic E-state index is 12.1. The van der Waals surface area contributed by atoms with Gasteiger partial charge in [0.1, 0.15) is 5.75 Å². The van der Waals surface area contributed by atoms with E-state index in [9.17, 15) is 4.79 Å². The summed E-state index contributed by atoms with van der Waals surface area (Å²) in [6.07, 6.45) is 3.37. The summed E-state index contributed by atoms with van der Waals surface area (Å²) in [5, 5.41) is 2.86. The van der Waals surface area contributed by atoms with E-state index in [1.54, 1.807) is 25.3 Å². The summed E-state index contributed by atoms with van der Waals surface area (Å²) in [5.41, 5.74) is 6.69. The third-order valence-corrected chi connectivity index (χ3v) is 3.27. The molecule has 1 aliphatic rings. The van der Waals surface area contributed by atoms with Crippen molar-refractivity contribution in [3.8, 4) is 5.75 Å². The van der Waals surface area contributed by atoms with Gasteiger partial charge in [-0.05, 0) is 37.5 Å². The Hall–Kier alpha value is -1.75. The van der Waals surface area contributed by atoms with Crippen molar-refractivity contribution in [2.75, 3.05) is 26.0 Å². The summed E-state index contributed by atoms with van der Waals surface area (Å²) in [6, 6.07) is 5.05. The van der Waals surface area contributed by atoms with Crippen LogP contribution in [0.15, 0.2) is 18.2 Å². The van der Waals surface area contributed by atoms with E-state index in [0.29, 0.717) is 23.5 Å². The van der Waals surface area contributed by atoms with Crippen molar-refractivity contribution in [2.45, 2.75) is 25.4 Å². The number of ether oxygens (including phenoxy) is 2. The number of hydrogen-bond acceptors (Lipinski definition) is 4. The van der Waals surface area contributed by atoms with Gasteiger partial charge in [-0.15, -0.1) is 0 Å². The van der Waals surface area contributed by atoms with Crippen LogP contribution in [-0.2, 0) is 4.74 Å². The highest BCUT2D eigenvalue weighted by atomic mass is 16.5. The van der Waals surface area contributed by atoms with Gasteiger partial charge in [0.25, 0.3) is 5.91 Å². The third kappa shape index (κ3) is 3.61. The highest BCUT2D eigenvalue weighted by molar-refractivity contribution is 5.99. The molecule has 1 fully saturated rings. The van der Waals surface area contributed by atoms with Gasteiger partial charge in [0.15, 0.2) is 0 Å². The second-order valence-electron chi connectivity index (χ2n) is 4.65. The number of nitrogen functional groups attached to an aromatic ring is 1. The molecule has 0 aromatic heterocycles. The average molecular weight is 264 g/mol. The van der Waals surface area contributed by atoms with Gasteiger partial charge in [0, 0.05) is 18.8 Å². The van der Waals surface area contributed by atoms with Crippen LogP contribution >= 0.6 is 0 Å². The molecule has 0 saturated carbocycles. The van der Waals surface area contributed by atoms with E-state index in [-0.39, 0.29) is 12.0 Å². The van der Waals surface area contributed by atoms with Crippen LogP contribution in [0.5, 0.6) is 5.75 Å². The summed E-state index contributed by atoms with van der Waals surface area (Å²) >= 11 is 0.